The van der Waals surface area contributed by atoms with Gasteiger partial charge in [-0.3, -0.25) is 4.79 Å². The summed E-state index contributed by atoms with van der Waals surface area (Å²) in [6, 6.07) is 10.5. The summed E-state index contributed by atoms with van der Waals surface area (Å²) in [4.78, 5) is 25.7. The molecule has 8 heteroatoms. The molecule has 134 valence electrons. The first-order valence-electron chi connectivity index (χ1n) is 8.43. The van der Waals surface area contributed by atoms with Crippen molar-refractivity contribution in [1.82, 2.24) is 19.9 Å². The number of fused-ring (bicyclic) bond motifs is 1. The van der Waals surface area contributed by atoms with Crippen molar-refractivity contribution in [1.29, 1.82) is 0 Å². The van der Waals surface area contributed by atoms with Crippen LogP contribution in [-0.4, -0.2) is 45.0 Å². The minimum absolute atomic E-state index is 0.0319. The Labute approximate surface area is 149 Å². The van der Waals surface area contributed by atoms with Gasteiger partial charge in [0.15, 0.2) is 0 Å². The number of aromatic nitrogens is 3. The summed E-state index contributed by atoms with van der Waals surface area (Å²) >= 11 is 0. The first-order valence-corrected chi connectivity index (χ1v) is 8.43. The van der Waals surface area contributed by atoms with E-state index in [4.69, 9.17) is 9.15 Å². The molecule has 3 heterocycles. The third-order valence-electron chi connectivity index (χ3n) is 4.37. The van der Waals surface area contributed by atoms with Crippen molar-refractivity contribution in [2.24, 2.45) is 0 Å². The number of para-hydroxylation sites is 1. The number of amides is 1. The molecule has 1 unspecified atom stereocenters. The molecule has 3 aromatic rings. The number of likely N-dealkylation sites (tertiary alicyclic amines) is 1. The smallest absolute Gasteiger partial charge is 0.339 e. The van der Waals surface area contributed by atoms with E-state index >= 15 is 0 Å². The van der Waals surface area contributed by atoms with E-state index in [2.05, 4.69) is 10.3 Å². The second kappa shape index (κ2) is 6.62. The number of benzene rings is 1. The first-order chi connectivity index (χ1) is 12.6. The molecule has 0 radical (unpaired) electrons. The van der Waals surface area contributed by atoms with Crippen molar-refractivity contribution < 1.29 is 13.9 Å². The van der Waals surface area contributed by atoms with Crippen molar-refractivity contribution in [3.05, 3.63) is 52.6 Å². The summed E-state index contributed by atoms with van der Waals surface area (Å²) in [5.74, 6) is 0.937. The van der Waals surface area contributed by atoms with Crippen LogP contribution in [0.4, 0.5) is 0 Å². The predicted octanol–water partition coefficient (Wildman–Crippen LogP) is 1.37. The van der Waals surface area contributed by atoms with Gasteiger partial charge < -0.3 is 14.1 Å². The maximum atomic E-state index is 12.6. The summed E-state index contributed by atoms with van der Waals surface area (Å²) in [7, 11) is 0. The molecule has 26 heavy (non-hydrogen) atoms. The van der Waals surface area contributed by atoms with E-state index in [-0.39, 0.29) is 18.6 Å². The van der Waals surface area contributed by atoms with E-state index in [0.29, 0.717) is 31.0 Å². The fraction of sp³-hybridized carbons (Fsp3) is 0.333. The number of nitrogens with zero attached hydrogens (tertiary/aromatic N) is 4. The fourth-order valence-electron chi connectivity index (χ4n) is 3.15. The number of rotatable bonds is 4. The van der Waals surface area contributed by atoms with Crippen LogP contribution in [0.2, 0.25) is 0 Å². The lowest BCUT2D eigenvalue weighted by molar-refractivity contribution is -0.131. The van der Waals surface area contributed by atoms with Crippen LogP contribution in [-0.2, 0) is 11.3 Å². The van der Waals surface area contributed by atoms with E-state index in [1.54, 1.807) is 22.6 Å². The maximum Gasteiger partial charge on any atom is 0.339 e. The van der Waals surface area contributed by atoms with Crippen molar-refractivity contribution in [3.63, 3.8) is 0 Å². The van der Waals surface area contributed by atoms with Gasteiger partial charge in [-0.1, -0.05) is 17.3 Å². The molecule has 1 aliphatic heterocycles. The van der Waals surface area contributed by atoms with Gasteiger partial charge in [-0.25, -0.2) is 9.48 Å². The molecule has 0 N–H and O–H groups in total. The molecule has 1 fully saturated rings. The third-order valence-corrected chi connectivity index (χ3v) is 4.37. The molecular formula is C18H18N4O4. The molecule has 0 aliphatic carbocycles. The highest BCUT2D eigenvalue weighted by atomic mass is 16.5. The monoisotopic (exact) mass is 354 g/mol. The van der Waals surface area contributed by atoms with Crippen LogP contribution in [0.25, 0.3) is 11.0 Å². The number of aryl methyl sites for hydroxylation is 1. The van der Waals surface area contributed by atoms with Crippen LogP contribution in [0.5, 0.6) is 5.75 Å². The van der Waals surface area contributed by atoms with Gasteiger partial charge in [0.05, 0.1) is 18.1 Å². The molecule has 8 nitrogen and oxygen atoms in total. The Balaban J connectivity index is 1.40. The standard InChI is InChI=1S/C18H18N4O4/c1-12-8-14(9-18(24)25-12)26-13-6-7-21(10-13)17(23)11-22-16-5-3-2-4-15(16)19-20-22/h2-5,8-9,13H,6-7,10-11H2,1H3. The Bertz CT molecular complexity index is 1010. The maximum absolute atomic E-state index is 12.6. The van der Waals surface area contributed by atoms with Crippen molar-refractivity contribution in [2.75, 3.05) is 13.1 Å². The first kappa shape index (κ1) is 16.3. The molecule has 1 amide bonds. The largest absolute Gasteiger partial charge is 0.488 e. The number of hydrogen-bond donors (Lipinski definition) is 0. The molecule has 0 spiro atoms. The quantitative estimate of drug-likeness (QED) is 0.703. The summed E-state index contributed by atoms with van der Waals surface area (Å²) in [6.07, 6.45) is 0.566. The van der Waals surface area contributed by atoms with Gasteiger partial charge in [0.1, 0.15) is 29.7 Å². The number of carbonyl (C=O) groups excluding carboxylic acids is 1. The predicted molar refractivity (Wildman–Crippen MR) is 92.9 cm³/mol. The number of carbonyl (C=O) groups is 1. The molecule has 0 bridgehead atoms. The average Bonchev–Trinajstić information content (AvgIpc) is 3.22. The zero-order valence-electron chi connectivity index (χ0n) is 14.3. The molecule has 2 aromatic heterocycles. The summed E-state index contributed by atoms with van der Waals surface area (Å²) in [5.41, 5.74) is 1.16. The van der Waals surface area contributed by atoms with E-state index in [0.717, 1.165) is 11.0 Å². The molecule has 1 atom stereocenters. The lowest BCUT2D eigenvalue weighted by Gasteiger charge is -2.17. The molecule has 1 aromatic carbocycles. The second-order valence-corrected chi connectivity index (χ2v) is 6.33. The second-order valence-electron chi connectivity index (χ2n) is 6.33. The highest BCUT2D eigenvalue weighted by Gasteiger charge is 2.28. The van der Waals surface area contributed by atoms with Crippen LogP contribution in [0.3, 0.4) is 0 Å². The van der Waals surface area contributed by atoms with E-state index in [1.807, 2.05) is 24.3 Å². The van der Waals surface area contributed by atoms with Gasteiger partial charge in [-0.15, -0.1) is 5.10 Å². The van der Waals surface area contributed by atoms with Crippen molar-refractivity contribution in [3.8, 4) is 5.75 Å². The van der Waals surface area contributed by atoms with Crippen molar-refractivity contribution in [2.45, 2.75) is 26.0 Å². The van der Waals surface area contributed by atoms with Crippen LogP contribution in [0.15, 0.2) is 45.6 Å². The van der Waals surface area contributed by atoms with Gasteiger partial charge in [-0.05, 0) is 19.1 Å². The minimum Gasteiger partial charge on any atom is -0.488 e. The minimum atomic E-state index is -0.441. The Kier molecular flexibility index (Phi) is 4.16. The van der Waals surface area contributed by atoms with Gasteiger partial charge in [0.25, 0.3) is 0 Å². The Morgan fingerprint density at radius 2 is 2.19 bits per heavy atom. The Morgan fingerprint density at radius 1 is 1.35 bits per heavy atom. The van der Waals surface area contributed by atoms with Crippen LogP contribution >= 0.6 is 0 Å². The van der Waals surface area contributed by atoms with Crippen LogP contribution in [0, 0.1) is 6.92 Å². The van der Waals surface area contributed by atoms with Gasteiger partial charge in [-0.2, -0.15) is 0 Å². The lowest BCUT2D eigenvalue weighted by atomic mass is 10.3. The summed E-state index contributed by atoms with van der Waals surface area (Å²) in [5, 5.41) is 8.12. The summed E-state index contributed by atoms with van der Waals surface area (Å²) in [6.45, 7) is 2.92. The molecular weight excluding hydrogens is 336 g/mol. The zero-order valence-corrected chi connectivity index (χ0v) is 14.3. The highest BCUT2D eigenvalue weighted by molar-refractivity contribution is 5.80. The van der Waals surface area contributed by atoms with E-state index in [9.17, 15) is 9.59 Å². The number of ether oxygens (including phenoxy) is 1. The molecule has 1 aliphatic rings. The Hall–Kier alpha value is -3.16. The van der Waals surface area contributed by atoms with Crippen molar-refractivity contribution >= 4 is 16.9 Å². The van der Waals surface area contributed by atoms with E-state index < -0.39 is 5.63 Å². The normalized spacial score (nSPS) is 17.0. The summed E-state index contributed by atoms with van der Waals surface area (Å²) < 4.78 is 12.4. The highest BCUT2D eigenvalue weighted by Crippen LogP contribution is 2.19. The van der Waals surface area contributed by atoms with Gasteiger partial charge in [0.2, 0.25) is 5.91 Å². The molecule has 4 rings (SSSR count). The SMILES string of the molecule is Cc1cc(OC2CCN(C(=O)Cn3nnc4ccccc43)C2)cc(=O)o1. The van der Waals surface area contributed by atoms with Gasteiger partial charge >= 0.3 is 5.63 Å². The molecule has 0 saturated carbocycles. The molecule has 1 saturated heterocycles. The fourth-order valence-corrected chi connectivity index (χ4v) is 3.15. The Morgan fingerprint density at radius 3 is 3.04 bits per heavy atom. The average molecular weight is 354 g/mol. The van der Waals surface area contributed by atoms with E-state index in [1.165, 1.54) is 6.07 Å². The van der Waals surface area contributed by atoms with Crippen LogP contribution < -0.4 is 10.4 Å². The van der Waals surface area contributed by atoms with Gasteiger partial charge in [0, 0.05) is 19.0 Å². The number of hydrogen-bond acceptors (Lipinski definition) is 6. The lowest BCUT2D eigenvalue weighted by Crippen LogP contribution is -2.33. The van der Waals surface area contributed by atoms with Crippen LogP contribution in [0.1, 0.15) is 12.2 Å². The third kappa shape index (κ3) is 3.30. The zero-order chi connectivity index (χ0) is 18.1. The topological polar surface area (TPSA) is 90.5 Å².